The Morgan fingerprint density at radius 1 is 1.00 bits per heavy atom. The molecule has 0 aliphatic carbocycles. The van der Waals surface area contributed by atoms with Crippen LogP contribution in [0.4, 0.5) is 19.4 Å². The number of carbonyl (C=O) groups is 2. The van der Waals surface area contributed by atoms with Gasteiger partial charge >= 0.3 is 22.2 Å². The van der Waals surface area contributed by atoms with E-state index in [1.165, 1.54) is 23.1 Å². The van der Waals surface area contributed by atoms with Gasteiger partial charge in [0.15, 0.2) is 0 Å². The first kappa shape index (κ1) is 23.9. The predicted molar refractivity (Wildman–Crippen MR) is 101 cm³/mol. The number of nitrogens with one attached hydrogen (secondary N) is 1. The fourth-order valence-corrected chi connectivity index (χ4v) is 2.96. The van der Waals surface area contributed by atoms with E-state index in [0.29, 0.717) is 29.9 Å². The van der Waals surface area contributed by atoms with E-state index in [1.54, 1.807) is 12.3 Å². The average Bonchev–Trinajstić information content (AvgIpc) is 3.31. The first-order valence-electron chi connectivity index (χ1n) is 8.43. The summed E-state index contributed by atoms with van der Waals surface area (Å²) >= 11 is 0. The summed E-state index contributed by atoms with van der Waals surface area (Å²) in [6.07, 6.45) is 3.82. The van der Waals surface area contributed by atoms with Gasteiger partial charge in [0.05, 0.1) is 31.3 Å². The van der Waals surface area contributed by atoms with Crippen LogP contribution in [0, 0.1) is 0 Å². The lowest BCUT2D eigenvalue weighted by Gasteiger charge is -2.40. The lowest BCUT2D eigenvalue weighted by atomic mass is 10.1. The van der Waals surface area contributed by atoms with Crippen LogP contribution in [0.15, 0.2) is 53.8 Å². The Balaban J connectivity index is 0.000000366. The van der Waals surface area contributed by atoms with Crippen molar-refractivity contribution in [2.45, 2.75) is 24.3 Å². The van der Waals surface area contributed by atoms with Gasteiger partial charge in [-0.3, -0.25) is 19.4 Å². The molecule has 0 aliphatic heterocycles. The quantitative estimate of drug-likeness (QED) is 0.424. The molecule has 0 saturated carbocycles. The molecular formula is C17H17F5N4O4S. The van der Waals surface area contributed by atoms with Gasteiger partial charge in [-0.1, -0.05) is 31.6 Å². The molecule has 0 aliphatic rings. The predicted octanol–water partition coefficient (Wildman–Crippen LogP) is 4.91. The second kappa shape index (κ2) is 8.02. The zero-order valence-electron chi connectivity index (χ0n) is 15.6. The monoisotopic (exact) mass is 468 g/mol. The molecule has 0 fully saturated rings. The number of halogens is 5. The minimum Gasteiger partial charge on any atom is -0.481 e. The van der Waals surface area contributed by atoms with Crippen LogP contribution in [0.5, 0.6) is 0 Å². The third-order valence-electron chi connectivity index (χ3n) is 3.68. The number of hydrogen-bond acceptors (Lipinski definition) is 4. The van der Waals surface area contributed by atoms with Crippen LogP contribution in [0.25, 0.3) is 11.1 Å². The third kappa shape index (κ3) is 7.73. The molecule has 0 bridgehead atoms. The highest BCUT2D eigenvalue weighted by Gasteiger charge is 2.65. The summed E-state index contributed by atoms with van der Waals surface area (Å²) in [4.78, 5) is 17.4. The molecule has 0 radical (unpaired) electrons. The Hall–Kier alpha value is -3.42. The Morgan fingerprint density at radius 2 is 1.65 bits per heavy atom. The van der Waals surface area contributed by atoms with Crippen LogP contribution >= 0.6 is 10.2 Å². The van der Waals surface area contributed by atoms with E-state index in [2.05, 4.69) is 15.3 Å². The molecule has 1 aromatic carbocycles. The summed E-state index contributed by atoms with van der Waals surface area (Å²) in [6.45, 7) is 0.310. The highest BCUT2D eigenvalue weighted by Crippen LogP contribution is 3.02. The lowest BCUT2D eigenvalue weighted by molar-refractivity contribution is -0.143. The molecule has 2 heterocycles. The first-order valence-corrected chi connectivity index (χ1v) is 10.4. The van der Waals surface area contributed by atoms with E-state index in [0.717, 1.165) is 6.07 Å². The molecular weight excluding hydrogens is 451 g/mol. The number of aliphatic carboxylic acids is 2. The van der Waals surface area contributed by atoms with Gasteiger partial charge in [0.1, 0.15) is 4.90 Å². The summed E-state index contributed by atoms with van der Waals surface area (Å²) in [5.74, 6) is -2.15. The van der Waals surface area contributed by atoms with Crippen molar-refractivity contribution in [3.8, 4) is 11.1 Å². The van der Waals surface area contributed by atoms with E-state index in [1.807, 2.05) is 0 Å². The SMILES string of the molecule is FS(F)(F)(F)(F)c1cccc(-c2cnn(Cc3cc[nH]n3)c2)c1.O=C(O)CCC(=O)O. The standard InChI is InChI=1S/C13H11F5N4S.C4H6O4/c14-23(15,16,17,18)13-3-1-2-10(6-13)11-7-20-22(8-11)9-12-4-5-19-21-12;5-3(6)1-2-4(7)8/h1-8H,9H2,(H,19,21);1-2H2,(H,5,6)(H,7,8). The number of carboxylic acids is 2. The van der Waals surface area contributed by atoms with Crippen molar-refractivity contribution in [3.05, 3.63) is 54.6 Å². The highest BCUT2D eigenvalue weighted by molar-refractivity contribution is 8.45. The van der Waals surface area contributed by atoms with Crippen molar-refractivity contribution in [2.75, 3.05) is 0 Å². The summed E-state index contributed by atoms with van der Waals surface area (Å²) in [5.41, 5.74) is 1.01. The van der Waals surface area contributed by atoms with Crippen LogP contribution < -0.4 is 0 Å². The van der Waals surface area contributed by atoms with Crippen LogP contribution in [-0.2, 0) is 16.1 Å². The fourth-order valence-electron chi connectivity index (χ4n) is 2.27. The maximum absolute atomic E-state index is 12.9. The minimum atomic E-state index is -9.69. The summed E-state index contributed by atoms with van der Waals surface area (Å²) in [5, 5.41) is 26.4. The Kier molecular flexibility index (Phi) is 6.17. The second-order valence-electron chi connectivity index (χ2n) is 6.28. The molecule has 0 unspecified atom stereocenters. The molecule has 170 valence electrons. The molecule has 14 heteroatoms. The van der Waals surface area contributed by atoms with Gasteiger partial charge in [0, 0.05) is 18.0 Å². The molecule has 8 nitrogen and oxygen atoms in total. The van der Waals surface area contributed by atoms with E-state index in [9.17, 15) is 29.0 Å². The van der Waals surface area contributed by atoms with Crippen LogP contribution in [0.3, 0.4) is 0 Å². The second-order valence-corrected chi connectivity index (χ2v) is 8.69. The van der Waals surface area contributed by atoms with Crippen LogP contribution in [0.1, 0.15) is 18.5 Å². The van der Waals surface area contributed by atoms with Crippen molar-refractivity contribution in [1.82, 2.24) is 20.0 Å². The average molecular weight is 468 g/mol. The topological polar surface area (TPSA) is 121 Å². The Labute approximate surface area is 172 Å². The number of nitrogens with zero attached hydrogens (tertiary/aromatic N) is 3. The van der Waals surface area contributed by atoms with Crippen molar-refractivity contribution in [3.63, 3.8) is 0 Å². The Bertz CT molecular complexity index is 1050. The van der Waals surface area contributed by atoms with Crippen molar-refractivity contribution < 1.29 is 39.2 Å². The van der Waals surface area contributed by atoms with Crippen molar-refractivity contribution in [2.24, 2.45) is 0 Å². The lowest BCUT2D eigenvalue weighted by Crippen LogP contribution is -2.05. The van der Waals surface area contributed by atoms with Crippen molar-refractivity contribution in [1.29, 1.82) is 0 Å². The zero-order chi connectivity index (χ0) is 23.3. The van der Waals surface area contributed by atoms with Crippen LogP contribution in [-0.4, -0.2) is 42.1 Å². The summed E-state index contributed by atoms with van der Waals surface area (Å²) in [6, 6.07) is 4.81. The van der Waals surface area contributed by atoms with Gasteiger partial charge in [-0.05, 0) is 23.8 Å². The summed E-state index contributed by atoms with van der Waals surface area (Å²) < 4.78 is 65.8. The Morgan fingerprint density at radius 3 is 2.16 bits per heavy atom. The van der Waals surface area contributed by atoms with Gasteiger partial charge in [0.25, 0.3) is 0 Å². The van der Waals surface area contributed by atoms with Gasteiger partial charge in [0.2, 0.25) is 0 Å². The largest absolute Gasteiger partial charge is 0.481 e. The van der Waals surface area contributed by atoms with Crippen LogP contribution in [0.2, 0.25) is 0 Å². The van der Waals surface area contributed by atoms with Gasteiger partial charge < -0.3 is 10.2 Å². The van der Waals surface area contributed by atoms with Gasteiger partial charge in [-0.15, -0.1) is 0 Å². The molecule has 0 spiro atoms. The first-order chi connectivity index (χ1) is 14.1. The number of benzene rings is 1. The van der Waals surface area contributed by atoms with E-state index in [4.69, 9.17) is 10.2 Å². The molecule has 0 amide bonds. The molecule has 31 heavy (non-hydrogen) atoms. The number of H-pyrrole nitrogens is 1. The minimum absolute atomic E-state index is 0.0176. The maximum atomic E-state index is 12.9. The fraction of sp³-hybridized carbons (Fsp3) is 0.176. The number of aromatic amines is 1. The summed E-state index contributed by atoms with van der Waals surface area (Å²) in [7, 11) is -9.69. The highest BCUT2D eigenvalue weighted by atomic mass is 32.5. The van der Waals surface area contributed by atoms with E-state index >= 15 is 0 Å². The molecule has 2 aromatic heterocycles. The molecule has 3 N–H and O–H groups in total. The van der Waals surface area contributed by atoms with Gasteiger partial charge in [-0.2, -0.15) is 10.2 Å². The number of carboxylic acid groups (broad SMARTS) is 2. The van der Waals surface area contributed by atoms with Crippen molar-refractivity contribution >= 4 is 22.2 Å². The molecule has 3 rings (SSSR count). The van der Waals surface area contributed by atoms with Gasteiger partial charge in [-0.25, -0.2) is 0 Å². The maximum Gasteiger partial charge on any atom is 0.310 e. The molecule has 0 atom stereocenters. The number of hydrogen-bond donors (Lipinski definition) is 3. The smallest absolute Gasteiger partial charge is 0.310 e. The zero-order valence-corrected chi connectivity index (χ0v) is 16.4. The normalized spacial score (nSPS) is 13.5. The third-order valence-corrected chi connectivity index (χ3v) is 4.83. The van der Waals surface area contributed by atoms with E-state index < -0.39 is 27.1 Å². The number of aromatic nitrogens is 4. The number of rotatable bonds is 7. The molecule has 3 aromatic rings. The van der Waals surface area contributed by atoms with E-state index in [-0.39, 0.29) is 18.4 Å². The molecule has 0 saturated heterocycles.